The average Bonchev–Trinajstić information content (AvgIpc) is 2.88. The predicted molar refractivity (Wildman–Crippen MR) is 112 cm³/mol. The Kier molecular flexibility index (Phi) is 6.59. The molecule has 1 fully saturated rings. The van der Waals surface area contributed by atoms with E-state index in [1.807, 2.05) is 13.0 Å². The number of nitrogens with zero attached hydrogens (tertiary/aromatic N) is 2. The Morgan fingerprint density at radius 2 is 1.93 bits per heavy atom. The first-order chi connectivity index (χ1) is 13.8. The molecule has 4 N–H and O–H groups in total. The van der Waals surface area contributed by atoms with Crippen molar-refractivity contribution in [1.29, 1.82) is 0 Å². The first-order valence-electron chi connectivity index (χ1n) is 9.91. The Bertz CT molecular complexity index is 901. The minimum absolute atomic E-state index is 0.00858. The fraction of sp³-hybridized carbons (Fsp3) is 0.476. The van der Waals surface area contributed by atoms with Crippen LogP contribution in [-0.2, 0) is 11.3 Å². The monoisotopic (exact) mass is 418 g/mol. The highest BCUT2D eigenvalue weighted by molar-refractivity contribution is 6.34. The molecule has 8 heteroatoms. The van der Waals surface area contributed by atoms with E-state index in [1.54, 1.807) is 18.2 Å². The number of aromatic nitrogens is 2. The lowest BCUT2D eigenvalue weighted by Gasteiger charge is -2.26. The minimum atomic E-state index is -0.860. The van der Waals surface area contributed by atoms with Gasteiger partial charge in [0.15, 0.2) is 0 Å². The lowest BCUT2D eigenvalue weighted by molar-refractivity contribution is -0.118. The van der Waals surface area contributed by atoms with E-state index in [4.69, 9.17) is 17.3 Å². The molecule has 1 aromatic heterocycles. The van der Waals surface area contributed by atoms with Gasteiger partial charge in [-0.3, -0.25) is 14.3 Å². The lowest BCUT2D eigenvalue weighted by Crippen LogP contribution is -2.42. The van der Waals surface area contributed by atoms with Crippen LogP contribution in [0.15, 0.2) is 24.3 Å². The molecule has 29 heavy (non-hydrogen) atoms. The average molecular weight is 419 g/mol. The zero-order chi connectivity index (χ0) is 21.0. The molecule has 2 aromatic rings. The maximum absolute atomic E-state index is 12.7. The van der Waals surface area contributed by atoms with E-state index in [9.17, 15) is 14.7 Å². The molecule has 2 amide bonds. The number of nitrogens with one attached hydrogen (secondary N) is 1. The number of carbonyl (C=O) groups excluding carboxylic acids is 2. The van der Waals surface area contributed by atoms with Gasteiger partial charge in [0.1, 0.15) is 6.54 Å². The van der Waals surface area contributed by atoms with E-state index < -0.39 is 11.5 Å². The number of rotatable bonds is 6. The summed E-state index contributed by atoms with van der Waals surface area (Å²) in [5, 5.41) is 18.3. The van der Waals surface area contributed by atoms with Crippen molar-refractivity contribution in [3.63, 3.8) is 0 Å². The minimum Gasteiger partial charge on any atom is -0.388 e. The van der Waals surface area contributed by atoms with Gasteiger partial charge in [0.05, 0.1) is 21.9 Å². The quantitative estimate of drug-likeness (QED) is 0.626. The van der Waals surface area contributed by atoms with Gasteiger partial charge in [-0.25, -0.2) is 0 Å². The Morgan fingerprint density at radius 3 is 2.59 bits per heavy atom. The smallest absolute Gasteiger partial charge is 0.252 e. The van der Waals surface area contributed by atoms with Crippen molar-refractivity contribution in [1.82, 2.24) is 15.1 Å². The molecule has 156 valence electrons. The van der Waals surface area contributed by atoms with Crippen LogP contribution in [0.4, 0.5) is 0 Å². The van der Waals surface area contributed by atoms with E-state index in [0.29, 0.717) is 34.7 Å². The number of hydrogen-bond acceptors (Lipinski definition) is 4. The molecule has 0 aliphatic heterocycles. The molecular weight excluding hydrogens is 392 g/mol. The first-order valence-corrected chi connectivity index (χ1v) is 10.3. The standard InChI is InChI=1S/C21H27ClN4O3/c1-14-10-18(25-26(14)12-19(23)27)15-6-7-17(22)16(11-15)20(28)24-13-21(29)8-4-2-3-5-9-21/h6-7,10-11,29H,2-5,8-9,12-13H2,1H3,(H2,23,27)(H,24,28). The van der Waals surface area contributed by atoms with Crippen LogP contribution in [0.2, 0.25) is 5.02 Å². The summed E-state index contributed by atoms with van der Waals surface area (Å²) in [6, 6.07) is 6.91. The molecule has 0 saturated heterocycles. The Hall–Kier alpha value is -2.38. The molecule has 0 atom stereocenters. The highest BCUT2D eigenvalue weighted by Gasteiger charge is 2.28. The molecule has 3 rings (SSSR count). The molecule has 0 radical (unpaired) electrons. The number of benzene rings is 1. The second-order valence-corrected chi connectivity index (χ2v) is 8.22. The van der Waals surface area contributed by atoms with Crippen LogP contribution in [0.5, 0.6) is 0 Å². The highest BCUT2D eigenvalue weighted by Crippen LogP contribution is 2.28. The van der Waals surface area contributed by atoms with E-state index in [0.717, 1.165) is 31.4 Å². The molecule has 1 aliphatic rings. The van der Waals surface area contributed by atoms with E-state index >= 15 is 0 Å². The SMILES string of the molecule is Cc1cc(-c2ccc(Cl)c(C(=O)NCC3(O)CCCCCC3)c2)nn1CC(N)=O. The number of halogens is 1. The Labute approximate surface area is 175 Å². The van der Waals surface area contributed by atoms with E-state index in [2.05, 4.69) is 10.4 Å². The lowest BCUT2D eigenvalue weighted by atomic mass is 9.94. The van der Waals surface area contributed by atoms with Crippen LogP contribution in [0.1, 0.15) is 54.6 Å². The van der Waals surface area contributed by atoms with Gasteiger partial charge in [0.2, 0.25) is 5.91 Å². The first kappa shape index (κ1) is 21.3. The summed E-state index contributed by atoms with van der Waals surface area (Å²) < 4.78 is 1.52. The van der Waals surface area contributed by atoms with Crippen molar-refractivity contribution in [2.75, 3.05) is 6.54 Å². The largest absolute Gasteiger partial charge is 0.388 e. The van der Waals surface area contributed by atoms with E-state index in [1.165, 1.54) is 4.68 Å². The highest BCUT2D eigenvalue weighted by atomic mass is 35.5. The third kappa shape index (κ3) is 5.36. The number of hydrogen-bond donors (Lipinski definition) is 3. The van der Waals surface area contributed by atoms with Gasteiger partial charge in [-0.1, -0.05) is 43.4 Å². The third-order valence-electron chi connectivity index (χ3n) is 5.41. The summed E-state index contributed by atoms with van der Waals surface area (Å²) in [6.45, 7) is 2.03. The molecule has 0 spiro atoms. The third-order valence-corrected chi connectivity index (χ3v) is 5.74. The molecule has 1 aromatic carbocycles. The van der Waals surface area contributed by atoms with Gasteiger partial charge in [-0.2, -0.15) is 5.10 Å². The summed E-state index contributed by atoms with van der Waals surface area (Å²) in [5.74, 6) is -0.807. The van der Waals surface area contributed by atoms with Crippen LogP contribution in [-0.4, -0.2) is 38.8 Å². The summed E-state index contributed by atoms with van der Waals surface area (Å²) in [7, 11) is 0. The number of nitrogens with two attached hydrogens (primary N) is 1. The van der Waals surface area contributed by atoms with Gasteiger partial charge in [-0.05, 0) is 38.0 Å². The van der Waals surface area contributed by atoms with Crippen molar-refractivity contribution in [3.05, 3.63) is 40.5 Å². The van der Waals surface area contributed by atoms with Gasteiger partial charge in [-0.15, -0.1) is 0 Å². The molecule has 1 heterocycles. The van der Waals surface area contributed by atoms with Crippen LogP contribution >= 0.6 is 11.6 Å². The Balaban J connectivity index is 1.76. The van der Waals surface area contributed by atoms with Crippen LogP contribution in [0.3, 0.4) is 0 Å². The summed E-state index contributed by atoms with van der Waals surface area (Å²) in [4.78, 5) is 23.9. The Morgan fingerprint density at radius 1 is 1.24 bits per heavy atom. The normalized spacial score (nSPS) is 16.2. The van der Waals surface area contributed by atoms with Crippen molar-refractivity contribution >= 4 is 23.4 Å². The van der Waals surface area contributed by atoms with E-state index in [-0.39, 0.29) is 19.0 Å². The number of carbonyl (C=O) groups is 2. The van der Waals surface area contributed by atoms with Crippen molar-refractivity contribution in [2.24, 2.45) is 5.73 Å². The van der Waals surface area contributed by atoms with Crippen LogP contribution < -0.4 is 11.1 Å². The summed E-state index contributed by atoms with van der Waals surface area (Å²) in [5.41, 5.74) is 6.83. The van der Waals surface area contributed by atoms with Crippen molar-refractivity contribution < 1.29 is 14.7 Å². The molecule has 0 unspecified atom stereocenters. The van der Waals surface area contributed by atoms with Gasteiger partial charge < -0.3 is 16.2 Å². The maximum atomic E-state index is 12.7. The maximum Gasteiger partial charge on any atom is 0.252 e. The van der Waals surface area contributed by atoms with Gasteiger partial charge >= 0.3 is 0 Å². The van der Waals surface area contributed by atoms with Crippen LogP contribution in [0, 0.1) is 6.92 Å². The van der Waals surface area contributed by atoms with Crippen LogP contribution in [0.25, 0.3) is 11.3 Å². The number of amides is 2. The fourth-order valence-electron chi connectivity index (χ4n) is 3.72. The molecule has 1 aliphatic carbocycles. The molecule has 7 nitrogen and oxygen atoms in total. The van der Waals surface area contributed by atoms with Gasteiger partial charge in [0.25, 0.3) is 5.91 Å². The van der Waals surface area contributed by atoms with Crippen molar-refractivity contribution in [3.8, 4) is 11.3 Å². The summed E-state index contributed by atoms with van der Waals surface area (Å²) >= 11 is 6.26. The topological polar surface area (TPSA) is 110 Å². The zero-order valence-corrected chi connectivity index (χ0v) is 17.3. The number of aryl methyl sites for hydroxylation is 1. The zero-order valence-electron chi connectivity index (χ0n) is 16.6. The van der Waals surface area contributed by atoms with Crippen molar-refractivity contribution in [2.45, 2.75) is 57.6 Å². The molecule has 1 saturated carbocycles. The second-order valence-electron chi connectivity index (χ2n) is 7.81. The fourth-order valence-corrected chi connectivity index (χ4v) is 3.92. The predicted octanol–water partition coefficient (Wildman–Crippen LogP) is 2.81. The van der Waals surface area contributed by atoms with Gasteiger partial charge in [0, 0.05) is 17.8 Å². The number of primary amides is 1. The molecule has 0 bridgehead atoms. The number of aliphatic hydroxyl groups is 1. The summed E-state index contributed by atoms with van der Waals surface area (Å²) in [6.07, 6.45) is 5.55. The molecular formula is C21H27ClN4O3. The second kappa shape index (κ2) is 8.97.